The number of carbonyl (C=O) groups excluding carboxylic acids is 1. The lowest BCUT2D eigenvalue weighted by molar-refractivity contribution is -0.118. The zero-order chi connectivity index (χ0) is 11.1. The van der Waals surface area contributed by atoms with Crippen molar-refractivity contribution >= 4 is 23.2 Å². The number of nitrogens with zero attached hydrogens (tertiary/aromatic N) is 2. The van der Waals surface area contributed by atoms with Crippen molar-refractivity contribution in [1.82, 2.24) is 9.97 Å². The van der Waals surface area contributed by atoms with Crippen molar-refractivity contribution < 1.29 is 9.53 Å². The van der Waals surface area contributed by atoms with Crippen molar-refractivity contribution in [2.24, 2.45) is 0 Å². The van der Waals surface area contributed by atoms with Gasteiger partial charge in [-0.25, -0.2) is 9.97 Å². The van der Waals surface area contributed by atoms with Gasteiger partial charge in [0.1, 0.15) is 6.33 Å². The van der Waals surface area contributed by atoms with Crippen LogP contribution in [0, 0.1) is 0 Å². The van der Waals surface area contributed by atoms with E-state index in [-0.39, 0.29) is 10.9 Å². The first-order valence-corrected chi connectivity index (χ1v) is 5.35. The van der Waals surface area contributed by atoms with Gasteiger partial charge in [0.15, 0.2) is 22.5 Å². The van der Waals surface area contributed by atoms with E-state index < -0.39 is 0 Å². The number of aromatic nitrogens is 2. The molecule has 0 amide bonds. The zero-order valence-corrected chi connectivity index (χ0v) is 9.04. The van der Waals surface area contributed by atoms with E-state index in [0.29, 0.717) is 23.7 Å². The second-order valence-corrected chi connectivity index (χ2v) is 4.01. The van der Waals surface area contributed by atoms with Crippen LogP contribution in [0.4, 0.5) is 5.82 Å². The van der Waals surface area contributed by atoms with Crippen molar-refractivity contribution in [2.45, 2.75) is 19.3 Å². The van der Waals surface area contributed by atoms with Crippen LogP contribution in [-0.4, -0.2) is 15.8 Å². The number of halogens is 1. The maximum absolute atomic E-state index is 11.6. The Morgan fingerprint density at radius 2 is 2.25 bits per heavy atom. The van der Waals surface area contributed by atoms with E-state index in [1.54, 1.807) is 0 Å². The molecule has 0 unspecified atom stereocenters. The Morgan fingerprint density at radius 3 is 3.12 bits per heavy atom. The van der Waals surface area contributed by atoms with Crippen LogP contribution in [0.3, 0.4) is 0 Å². The van der Waals surface area contributed by atoms with Crippen LogP contribution in [0.2, 0.25) is 5.15 Å². The fourth-order valence-corrected chi connectivity index (χ4v) is 2.01. The van der Waals surface area contributed by atoms with Crippen molar-refractivity contribution in [1.29, 1.82) is 0 Å². The molecule has 1 aliphatic carbocycles. The number of fused-ring (bicyclic) bond motifs is 1. The molecule has 2 heterocycles. The predicted molar refractivity (Wildman–Crippen MR) is 57.2 cm³/mol. The highest BCUT2D eigenvalue weighted by atomic mass is 35.5. The molecule has 1 N–H and O–H groups in total. The summed E-state index contributed by atoms with van der Waals surface area (Å²) < 4.78 is 5.49. The van der Waals surface area contributed by atoms with Crippen LogP contribution in [-0.2, 0) is 4.79 Å². The lowest BCUT2D eigenvalue weighted by atomic mass is 10.0. The third-order valence-electron chi connectivity index (χ3n) is 2.59. The Hall–Kier alpha value is -1.62. The maximum Gasteiger partial charge on any atom is 0.207 e. The second kappa shape index (κ2) is 3.45. The van der Waals surface area contributed by atoms with Gasteiger partial charge in [-0.2, -0.15) is 0 Å². The quantitative estimate of drug-likeness (QED) is 0.698. The summed E-state index contributed by atoms with van der Waals surface area (Å²) in [5.74, 6) is 1.21. The van der Waals surface area contributed by atoms with Gasteiger partial charge < -0.3 is 10.1 Å². The number of hydrogen-bond donors (Lipinski definition) is 1. The summed E-state index contributed by atoms with van der Waals surface area (Å²) in [5, 5.41) is 3.28. The average Bonchev–Trinajstić information content (AvgIpc) is 2.28. The number of allylic oxidation sites excluding steroid dienone is 2. The normalized spacial score (nSPS) is 18.4. The summed E-state index contributed by atoms with van der Waals surface area (Å²) >= 11 is 5.87. The molecule has 6 heteroatoms. The summed E-state index contributed by atoms with van der Waals surface area (Å²) in [6.07, 6.45) is 3.50. The molecule has 0 bridgehead atoms. The number of Topliss-reactive ketones (excluding diaryl/α,β-unsaturated/α-hetero) is 1. The highest BCUT2D eigenvalue weighted by Gasteiger charge is 2.29. The van der Waals surface area contributed by atoms with Crippen LogP contribution < -0.4 is 10.1 Å². The summed E-state index contributed by atoms with van der Waals surface area (Å²) in [4.78, 5) is 19.5. The molecule has 2 aliphatic rings. The van der Waals surface area contributed by atoms with Crippen LogP contribution in [0.5, 0.6) is 5.75 Å². The summed E-state index contributed by atoms with van der Waals surface area (Å²) in [6.45, 7) is 0. The highest BCUT2D eigenvalue weighted by Crippen LogP contribution is 2.38. The SMILES string of the molecule is O=C1CCCC2=C1Oc1c(Cl)ncnc1N2. The standard InChI is InChI=1S/C10H8ClN3O2/c11-9-8-10(13-4-12-9)14-5-2-1-3-6(15)7(5)16-8/h4H,1-3H2,(H,12,13,14). The summed E-state index contributed by atoms with van der Waals surface area (Å²) in [6, 6.07) is 0. The molecule has 1 aliphatic heterocycles. The minimum absolute atomic E-state index is 0.000630. The fraction of sp³-hybridized carbons (Fsp3) is 0.300. The van der Waals surface area contributed by atoms with Gasteiger partial charge in [0.2, 0.25) is 5.75 Å². The molecule has 5 nitrogen and oxygen atoms in total. The Morgan fingerprint density at radius 1 is 1.38 bits per heavy atom. The molecule has 16 heavy (non-hydrogen) atoms. The lowest BCUT2D eigenvalue weighted by Gasteiger charge is -2.26. The Kier molecular flexibility index (Phi) is 2.07. The summed E-state index contributed by atoms with van der Waals surface area (Å²) in [7, 11) is 0. The minimum Gasteiger partial charge on any atom is -0.445 e. The number of hydrogen-bond acceptors (Lipinski definition) is 5. The van der Waals surface area contributed by atoms with E-state index in [1.807, 2.05) is 0 Å². The number of ketones is 1. The van der Waals surface area contributed by atoms with E-state index in [0.717, 1.165) is 18.5 Å². The Labute approximate surface area is 96.5 Å². The number of carbonyl (C=O) groups is 1. The average molecular weight is 238 g/mol. The smallest absolute Gasteiger partial charge is 0.207 e. The molecule has 0 saturated heterocycles. The van der Waals surface area contributed by atoms with Crippen molar-refractivity contribution in [3.05, 3.63) is 22.9 Å². The van der Waals surface area contributed by atoms with Gasteiger partial charge >= 0.3 is 0 Å². The van der Waals surface area contributed by atoms with E-state index in [9.17, 15) is 4.79 Å². The Bertz CT molecular complexity index is 513. The molecule has 0 fully saturated rings. The van der Waals surface area contributed by atoms with E-state index in [2.05, 4.69) is 15.3 Å². The molecular formula is C10H8ClN3O2. The molecule has 0 spiro atoms. The number of anilines is 1. The van der Waals surface area contributed by atoms with Crippen molar-refractivity contribution in [3.8, 4) is 5.75 Å². The molecule has 0 radical (unpaired) electrons. The van der Waals surface area contributed by atoms with Gasteiger partial charge in [-0.05, 0) is 12.8 Å². The largest absolute Gasteiger partial charge is 0.445 e. The molecule has 82 valence electrons. The third-order valence-corrected chi connectivity index (χ3v) is 2.86. The number of nitrogens with one attached hydrogen (secondary N) is 1. The van der Waals surface area contributed by atoms with Crippen LogP contribution in [0.1, 0.15) is 19.3 Å². The molecule has 0 atom stereocenters. The van der Waals surface area contributed by atoms with Gasteiger partial charge in [0, 0.05) is 6.42 Å². The number of rotatable bonds is 0. The minimum atomic E-state index is -0.000630. The first kappa shape index (κ1) is 9.59. The fourth-order valence-electron chi connectivity index (χ4n) is 1.84. The van der Waals surface area contributed by atoms with Crippen molar-refractivity contribution in [2.75, 3.05) is 5.32 Å². The number of ether oxygens (including phenoxy) is 1. The first-order valence-electron chi connectivity index (χ1n) is 4.97. The molecule has 1 aromatic heterocycles. The third kappa shape index (κ3) is 1.36. The topological polar surface area (TPSA) is 64.1 Å². The van der Waals surface area contributed by atoms with Gasteiger partial charge in [-0.1, -0.05) is 11.6 Å². The van der Waals surface area contributed by atoms with Crippen molar-refractivity contribution in [3.63, 3.8) is 0 Å². The van der Waals surface area contributed by atoms with Crippen LogP contribution in [0.25, 0.3) is 0 Å². The van der Waals surface area contributed by atoms with E-state index >= 15 is 0 Å². The first-order chi connectivity index (χ1) is 7.75. The molecule has 3 rings (SSSR count). The zero-order valence-electron chi connectivity index (χ0n) is 8.29. The maximum atomic E-state index is 11.6. The lowest BCUT2D eigenvalue weighted by Crippen LogP contribution is -2.24. The van der Waals surface area contributed by atoms with Gasteiger partial charge in [0.05, 0.1) is 5.70 Å². The molecule has 0 saturated carbocycles. The monoisotopic (exact) mass is 237 g/mol. The second-order valence-electron chi connectivity index (χ2n) is 3.65. The summed E-state index contributed by atoms with van der Waals surface area (Å²) in [5.41, 5.74) is 0.790. The van der Waals surface area contributed by atoms with Gasteiger partial charge in [0.25, 0.3) is 0 Å². The van der Waals surface area contributed by atoms with E-state index in [4.69, 9.17) is 16.3 Å². The van der Waals surface area contributed by atoms with E-state index in [1.165, 1.54) is 6.33 Å². The Balaban J connectivity index is 2.07. The van der Waals surface area contributed by atoms with Gasteiger partial charge in [-0.15, -0.1) is 0 Å². The molecule has 1 aromatic rings. The molecular weight excluding hydrogens is 230 g/mol. The predicted octanol–water partition coefficient (Wildman–Crippen LogP) is 1.90. The molecule has 0 aromatic carbocycles. The van der Waals surface area contributed by atoms with Gasteiger partial charge in [-0.3, -0.25) is 4.79 Å². The highest BCUT2D eigenvalue weighted by molar-refractivity contribution is 6.31. The van der Waals surface area contributed by atoms with Crippen LogP contribution in [0.15, 0.2) is 17.8 Å². The van der Waals surface area contributed by atoms with Crippen LogP contribution >= 0.6 is 11.6 Å².